The summed E-state index contributed by atoms with van der Waals surface area (Å²) < 4.78 is 130. The highest BCUT2D eigenvalue weighted by molar-refractivity contribution is 5.80. The van der Waals surface area contributed by atoms with E-state index in [0.29, 0.717) is 0 Å². The van der Waals surface area contributed by atoms with Crippen LogP contribution in [0.15, 0.2) is 66.7 Å². The topological polar surface area (TPSA) is 51.2 Å². The molecule has 0 saturated heterocycles. The van der Waals surface area contributed by atoms with Crippen molar-refractivity contribution in [3.8, 4) is 28.4 Å². The molecule has 1 aliphatic rings. The van der Waals surface area contributed by atoms with Crippen LogP contribution in [0.1, 0.15) is 11.6 Å². The van der Waals surface area contributed by atoms with E-state index in [9.17, 15) is 44.6 Å². The number of hydrogen-bond acceptors (Lipinski definition) is 5. The van der Waals surface area contributed by atoms with Crippen molar-refractivity contribution in [1.29, 1.82) is 0 Å². The van der Waals surface area contributed by atoms with Gasteiger partial charge in [-0.1, -0.05) is 36.4 Å². The second-order valence-electron chi connectivity index (χ2n) is 8.39. The quantitative estimate of drug-likeness (QED) is 0.325. The Kier molecular flexibility index (Phi) is 7.52. The lowest BCUT2D eigenvalue weighted by Gasteiger charge is -2.41. The summed E-state index contributed by atoms with van der Waals surface area (Å²) in [5, 5.41) is 9.86. The number of anilines is 1. The lowest BCUT2D eigenvalue weighted by molar-refractivity contribution is -0.275. The van der Waals surface area contributed by atoms with Crippen LogP contribution in [0.2, 0.25) is 0 Å². The molecule has 0 bridgehead atoms. The van der Waals surface area contributed by atoms with E-state index in [-0.39, 0.29) is 34.7 Å². The van der Waals surface area contributed by atoms with E-state index in [1.54, 1.807) is 0 Å². The van der Waals surface area contributed by atoms with Crippen LogP contribution in [0.4, 0.5) is 45.2 Å². The van der Waals surface area contributed by atoms with Gasteiger partial charge in [0.05, 0.1) is 18.3 Å². The van der Waals surface area contributed by atoms with Crippen LogP contribution in [0.5, 0.6) is 17.2 Å². The molecule has 14 heteroatoms. The van der Waals surface area contributed by atoms with Crippen LogP contribution in [0, 0.1) is 0 Å². The first-order chi connectivity index (χ1) is 18.1. The van der Waals surface area contributed by atoms with Gasteiger partial charge in [-0.05, 0) is 41.5 Å². The monoisotopic (exact) mass is 567 g/mol. The predicted molar refractivity (Wildman–Crippen MR) is 119 cm³/mol. The van der Waals surface area contributed by atoms with Crippen LogP contribution < -0.4 is 19.1 Å². The number of para-hydroxylation sites is 1. The number of hydrogen-bond donors (Lipinski definition) is 1. The molecule has 0 aromatic heterocycles. The van der Waals surface area contributed by atoms with E-state index in [0.717, 1.165) is 29.2 Å². The second kappa shape index (κ2) is 10.4. The largest absolute Gasteiger partial charge is 0.573 e. The summed E-state index contributed by atoms with van der Waals surface area (Å²) in [5.41, 5.74) is 0.516. The first kappa shape index (κ1) is 28.2. The van der Waals surface area contributed by atoms with Crippen molar-refractivity contribution in [1.82, 2.24) is 0 Å². The summed E-state index contributed by atoms with van der Waals surface area (Å²) >= 11 is 0. The molecule has 3 aromatic carbocycles. The normalized spacial score (nSPS) is 16.8. The summed E-state index contributed by atoms with van der Waals surface area (Å²) in [4.78, 5) is 1.11. The first-order valence-electron chi connectivity index (χ1n) is 11.1. The summed E-state index contributed by atoms with van der Waals surface area (Å²) in [7, 11) is 0. The van der Waals surface area contributed by atoms with Gasteiger partial charge in [0.25, 0.3) is 0 Å². The van der Waals surface area contributed by atoms with Crippen molar-refractivity contribution in [2.75, 3.05) is 18.1 Å². The Morgan fingerprint density at radius 1 is 0.821 bits per heavy atom. The van der Waals surface area contributed by atoms with Gasteiger partial charge >= 0.3 is 18.9 Å². The van der Waals surface area contributed by atoms with E-state index in [1.165, 1.54) is 42.5 Å². The molecule has 39 heavy (non-hydrogen) atoms. The lowest BCUT2D eigenvalue weighted by Crippen LogP contribution is -2.46. The van der Waals surface area contributed by atoms with Gasteiger partial charge in [0.1, 0.15) is 18.1 Å². The molecule has 0 amide bonds. The molecule has 5 nitrogen and oxygen atoms in total. The minimum atomic E-state index is -5.02. The molecular weight excluding hydrogens is 549 g/mol. The van der Waals surface area contributed by atoms with Gasteiger partial charge in [0, 0.05) is 5.56 Å². The fraction of sp³-hybridized carbons (Fsp3) is 0.280. The molecule has 0 aliphatic carbocycles. The SMILES string of the molecule is OC(CN1c2cccc(-c3cccc(OC(F)(F)F)c3)c2OC[C@@H]1c1cccc(OC(F)(F)F)c1)C(F)(F)F. The van der Waals surface area contributed by atoms with Crippen LogP contribution in [0.25, 0.3) is 11.1 Å². The Morgan fingerprint density at radius 2 is 1.41 bits per heavy atom. The summed E-state index contributed by atoms with van der Waals surface area (Å²) in [5.74, 6) is -1.16. The highest BCUT2D eigenvalue weighted by atomic mass is 19.4. The van der Waals surface area contributed by atoms with E-state index in [2.05, 4.69) is 9.47 Å². The maximum atomic E-state index is 13.3. The average Bonchev–Trinajstić information content (AvgIpc) is 2.81. The number of alkyl halides is 9. The van der Waals surface area contributed by atoms with E-state index in [4.69, 9.17) is 4.74 Å². The van der Waals surface area contributed by atoms with Gasteiger partial charge in [-0.2, -0.15) is 13.2 Å². The Labute approximate surface area is 214 Å². The number of aliphatic hydroxyl groups excluding tert-OH is 1. The average molecular weight is 567 g/mol. The van der Waals surface area contributed by atoms with Crippen molar-refractivity contribution in [2.45, 2.75) is 31.0 Å². The highest BCUT2D eigenvalue weighted by Crippen LogP contribution is 2.46. The molecule has 1 aliphatic heterocycles. The van der Waals surface area contributed by atoms with Gasteiger partial charge in [-0.25, -0.2) is 0 Å². The van der Waals surface area contributed by atoms with Gasteiger partial charge < -0.3 is 24.2 Å². The summed E-state index contributed by atoms with van der Waals surface area (Å²) in [6, 6.07) is 12.5. The molecule has 0 spiro atoms. The third kappa shape index (κ3) is 6.99. The van der Waals surface area contributed by atoms with Gasteiger partial charge in [0.15, 0.2) is 11.9 Å². The highest BCUT2D eigenvalue weighted by Gasteiger charge is 2.42. The number of halogens is 9. The number of β-amino-alcohol motifs (C(OH)–C–C–N with tert-alkyl or cyclic N) is 1. The predicted octanol–water partition coefficient (Wildman–Crippen LogP) is 7.01. The Balaban J connectivity index is 1.77. The zero-order chi connectivity index (χ0) is 28.6. The maximum absolute atomic E-state index is 13.3. The van der Waals surface area contributed by atoms with Crippen molar-refractivity contribution in [3.05, 3.63) is 72.3 Å². The van der Waals surface area contributed by atoms with E-state index in [1.807, 2.05) is 0 Å². The number of benzene rings is 3. The number of nitrogens with zero attached hydrogens (tertiary/aromatic N) is 1. The summed E-state index contributed by atoms with van der Waals surface area (Å²) in [6.45, 7) is -1.39. The number of ether oxygens (including phenoxy) is 3. The van der Waals surface area contributed by atoms with Crippen molar-refractivity contribution in [2.24, 2.45) is 0 Å². The standard InChI is InChI=1S/C25H18F9NO4/c26-23(27,28)21(36)12-35-19-9-3-8-18(14-4-1-6-16(10-14)38-24(29,30)31)22(19)37-13-20(35)15-5-2-7-17(11-15)39-25(32,33)34/h1-11,20-21,36H,12-13H2/t20-,21?/m1/s1. The van der Waals surface area contributed by atoms with Crippen molar-refractivity contribution in [3.63, 3.8) is 0 Å². The van der Waals surface area contributed by atoms with Crippen molar-refractivity contribution >= 4 is 5.69 Å². The smallest absolute Gasteiger partial charge is 0.488 e. The van der Waals surface area contributed by atoms with Gasteiger partial charge in [-0.15, -0.1) is 26.3 Å². The van der Waals surface area contributed by atoms with Crippen LogP contribution in [-0.2, 0) is 0 Å². The van der Waals surface area contributed by atoms with Crippen LogP contribution in [-0.4, -0.2) is 43.3 Å². The zero-order valence-corrected chi connectivity index (χ0v) is 19.4. The number of rotatable bonds is 6. The van der Waals surface area contributed by atoms with Crippen LogP contribution in [0.3, 0.4) is 0 Å². The third-order valence-electron chi connectivity index (χ3n) is 5.67. The molecule has 0 radical (unpaired) electrons. The molecule has 2 atom stereocenters. The number of fused-ring (bicyclic) bond motifs is 1. The molecule has 1 N–H and O–H groups in total. The third-order valence-corrected chi connectivity index (χ3v) is 5.67. The Hall–Kier alpha value is -3.81. The Bertz CT molecular complexity index is 1310. The first-order valence-corrected chi connectivity index (χ1v) is 11.1. The van der Waals surface area contributed by atoms with E-state index >= 15 is 0 Å². The fourth-order valence-electron chi connectivity index (χ4n) is 4.12. The molecule has 0 fully saturated rings. The van der Waals surface area contributed by atoms with Crippen molar-refractivity contribution < 1.29 is 58.8 Å². The molecule has 1 unspecified atom stereocenters. The molecule has 1 heterocycles. The molecular formula is C25H18F9NO4. The Morgan fingerprint density at radius 3 is 2.03 bits per heavy atom. The molecule has 3 aromatic rings. The maximum Gasteiger partial charge on any atom is 0.573 e. The van der Waals surface area contributed by atoms with E-state index < -0.39 is 49.1 Å². The second-order valence-corrected chi connectivity index (χ2v) is 8.39. The summed E-state index contributed by atoms with van der Waals surface area (Å²) in [6.07, 6.45) is -17.8. The lowest BCUT2D eigenvalue weighted by atomic mass is 9.98. The number of aliphatic hydroxyl groups is 1. The van der Waals surface area contributed by atoms with Crippen LogP contribution >= 0.6 is 0 Å². The molecule has 210 valence electrons. The zero-order valence-electron chi connectivity index (χ0n) is 19.4. The van der Waals surface area contributed by atoms with Gasteiger partial charge in [-0.3, -0.25) is 0 Å². The molecule has 0 saturated carbocycles. The minimum Gasteiger partial charge on any atom is -0.488 e. The minimum absolute atomic E-state index is 0.00465. The fourth-order valence-corrected chi connectivity index (χ4v) is 4.12. The molecule has 4 rings (SSSR count). The van der Waals surface area contributed by atoms with Gasteiger partial charge in [0.2, 0.25) is 0 Å².